The molecule has 11 nitrogen and oxygen atoms in total. The lowest BCUT2D eigenvalue weighted by molar-refractivity contribution is 0.103. The fraction of sp³-hybridized carbons (Fsp3) is 0.345. The molecular formula is C29H29FN6O5. The van der Waals surface area contributed by atoms with E-state index in [1.165, 1.54) is 17.0 Å². The Morgan fingerprint density at radius 3 is 2.76 bits per heavy atom. The van der Waals surface area contributed by atoms with Crippen molar-refractivity contribution in [2.24, 2.45) is 7.05 Å². The molecule has 0 bridgehead atoms. The zero-order chi connectivity index (χ0) is 28.8. The Kier molecular flexibility index (Phi) is 6.68. The Morgan fingerprint density at radius 1 is 1.15 bits per heavy atom. The van der Waals surface area contributed by atoms with Gasteiger partial charge < -0.3 is 24.3 Å². The molecule has 1 fully saturated rings. The number of methoxy groups -OCH3 is 1. The number of amides is 2. The second-order valence-corrected chi connectivity index (χ2v) is 10.4. The molecule has 4 heterocycles. The van der Waals surface area contributed by atoms with Gasteiger partial charge in [0.25, 0.3) is 0 Å². The number of ketones is 1. The Morgan fingerprint density at radius 2 is 1.98 bits per heavy atom. The molecule has 0 spiro atoms. The molecule has 1 saturated heterocycles. The number of alkyl halides is 1. The van der Waals surface area contributed by atoms with Gasteiger partial charge in [0.15, 0.2) is 5.58 Å². The van der Waals surface area contributed by atoms with Gasteiger partial charge in [-0.2, -0.15) is 0 Å². The van der Waals surface area contributed by atoms with E-state index in [4.69, 9.17) is 9.15 Å². The number of benzene rings is 2. The number of hydrogen-bond donors (Lipinski definition) is 1. The first-order chi connectivity index (χ1) is 19.7. The number of halogens is 1. The molecule has 41 heavy (non-hydrogen) atoms. The number of carbonyl (C=O) groups is 2. The Labute approximate surface area is 234 Å². The number of carbonyl (C=O) groups excluding carboxylic acids is 2. The van der Waals surface area contributed by atoms with E-state index in [0.717, 1.165) is 11.1 Å². The molecule has 2 aliphatic heterocycles. The van der Waals surface area contributed by atoms with Gasteiger partial charge >= 0.3 is 11.8 Å². The average Bonchev–Trinajstić information content (AvgIpc) is 3.16. The van der Waals surface area contributed by atoms with Crippen LogP contribution in [-0.4, -0.2) is 70.2 Å². The number of nitrogens with one attached hydrogen (secondary N) is 1. The Hall–Kier alpha value is -4.74. The third kappa shape index (κ3) is 4.79. The van der Waals surface area contributed by atoms with Crippen LogP contribution in [0, 0.1) is 6.92 Å². The summed E-state index contributed by atoms with van der Waals surface area (Å²) in [6.07, 6.45) is 0.923. The number of piperidine rings is 1. The maximum atomic E-state index is 15.6. The quantitative estimate of drug-likeness (QED) is 0.368. The van der Waals surface area contributed by atoms with Gasteiger partial charge in [-0.25, -0.2) is 23.9 Å². The summed E-state index contributed by atoms with van der Waals surface area (Å²) in [5.41, 5.74) is 3.76. The number of ether oxygens (including phenoxy) is 1. The van der Waals surface area contributed by atoms with Crippen molar-refractivity contribution in [3.63, 3.8) is 0 Å². The van der Waals surface area contributed by atoms with Gasteiger partial charge in [-0.1, -0.05) is 0 Å². The molecule has 2 aliphatic rings. The van der Waals surface area contributed by atoms with Crippen molar-refractivity contribution in [3.8, 4) is 5.75 Å². The predicted molar refractivity (Wildman–Crippen MR) is 150 cm³/mol. The summed E-state index contributed by atoms with van der Waals surface area (Å²) in [6.45, 7) is 2.64. The van der Waals surface area contributed by atoms with E-state index in [1.54, 1.807) is 55.1 Å². The number of urea groups is 1. The van der Waals surface area contributed by atoms with Gasteiger partial charge in [0.05, 0.1) is 25.2 Å². The van der Waals surface area contributed by atoms with Crippen LogP contribution in [-0.2, 0) is 13.5 Å². The first-order valence-electron chi connectivity index (χ1n) is 13.3. The molecular weight excluding hydrogens is 531 g/mol. The minimum absolute atomic E-state index is 0.0140. The molecule has 0 radical (unpaired) electrons. The second-order valence-electron chi connectivity index (χ2n) is 10.4. The largest absolute Gasteiger partial charge is 0.497 e. The predicted octanol–water partition coefficient (Wildman–Crippen LogP) is 3.48. The van der Waals surface area contributed by atoms with E-state index in [9.17, 15) is 14.4 Å². The molecule has 4 aromatic rings. The monoisotopic (exact) mass is 560 g/mol. The third-order valence-corrected chi connectivity index (χ3v) is 7.89. The van der Waals surface area contributed by atoms with Crippen molar-refractivity contribution in [2.45, 2.75) is 32.0 Å². The number of anilines is 2. The topological polar surface area (TPSA) is 123 Å². The number of aromatic nitrogens is 3. The molecule has 2 aromatic heterocycles. The summed E-state index contributed by atoms with van der Waals surface area (Å²) in [4.78, 5) is 50.1. The van der Waals surface area contributed by atoms with Gasteiger partial charge in [0, 0.05) is 37.5 Å². The second kappa shape index (κ2) is 10.3. The number of fused-ring (bicyclic) bond motifs is 2. The summed E-state index contributed by atoms with van der Waals surface area (Å²) in [5, 5.41) is 2.91. The van der Waals surface area contributed by atoms with Crippen LogP contribution in [0.3, 0.4) is 0 Å². The van der Waals surface area contributed by atoms with Crippen LogP contribution in [0.5, 0.6) is 5.75 Å². The van der Waals surface area contributed by atoms with Crippen molar-refractivity contribution < 1.29 is 23.1 Å². The summed E-state index contributed by atoms with van der Waals surface area (Å²) < 4.78 is 27.6. The van der Waals surface area contributed by atoms with Crippen molar-refractivity contribution in [1.82, 2.24) is 19.4 Å². The van der Waals surface area contributed by atoms with Crippen molar-refractivity contribution in [3.05, 3.63) is 75.7 Å². The van der Waals surface area contributed by atoms with Crippen LogP contribution in [0.4, 0.5) is 20.7 Å². The molecule has 0 saturated carbocycles. The van der Waals surface area contributed by atoms with Crippen molar-refractivity contribution >= 4 is 34.4 Å². The number of aryl methyl sites for hydroxylation is 2. The summed E-state index contributed by atoms with van der Waals surface area (Å²) in [6, 6.07) is 9.30. The minimum Gasteiger partial charge on any atom is -0.497 e. The SMILES string of the molecule is COc1ccc2c(c1)CCN(C1CCN(c3cc(C(=O)c4cc(C)c5c(c4)oc(=O)n5C)ncn3)CC1F)C(=O)N2. The highest BCUT2D eigenvalue weighted by atomic mass is 19.1. The first kappa shape index (κ1) is 26.5. The van der Waals surface area contributed by atoms with E-state index in [0.29, 0.717) is 59.8 Å². The smallest absolute Gasteiger partial charge is 0.419 e. The number of hydrogen-bond acceptors (Lipinski definition) is 8. The number of rotatable bonds is 5. The summed E-state index contributed by atoms with van der Waals surface area (Å²) in [5.74, 6) is 0.249. The minimum atomic E-state index is -1.33. The highest BCUT2D eigenvalue weighted by Crippen LogP contribution is 2.30. The van der Waals surface area contributed by atoms with Crippen LogP contribution in [0.2, 0.25) is 0 Å². The summed E-state index contributed by atoms with van der Waals surface area (Å²) >= 11 is 0. The lowest BCUT2D eigenvalue weighted by atomic mass is 10.0. The van der Waals surface area contributed by atoms with Gasteiger partial charge in [0.2, 0.25) is 5.78 Å². The first-order valence-corrected chi connectivity index (χ1v) is 13.3. The third-order valence-electron chi connectivity index (χ3n) is 7.89. The number of nitrogens with zero attached hydrogens (tertiary/aromatic N) is 5. The molecule has 2 amide bonds. The lowest BCUT2D eigenvalue weighted by Crippen LogP contribution is -2.55. The van der Waals surface area contributed by atoms with Crippen LogP contribution < -0.4 is 20.7 Å². The standard InChI is InChI=1S/C29H29FN6O5/c1-16-10-18(12-24-26(16)34(2)29(39)41-24)27(37)22-13-25(32-15-31-22)35-8-7-23(20(30)14-35)36-9-6-17-11-19(40-3)4-5-21(17)33-28(36)38/h4-5,10-13,15,20,23H,6-9,14H2,1-3H3,(H,33,38). The highest BCUT2D eigenvalue weighted by molar-refractivity contribution is 6.09. The average molecular weight is 561 g/mol. The zero-order valence-electron chi connectivity index (χ0n) is 22.9. The van der Waals surface area contributed by atoms with E-state index in [2.05, 4.69) is 15.3 Å². The van der Waals surface area contributed by atoms with Crippen LogP contribution >= 0.6 is 0 Å². The molecule has 0 aliphatic carbocycles. The van der Waals surface area contributed by atoms with Crippen molar-refractivity contribution in [2.75, 3.05) is 37.0 Å². The van der Waals surface area contributed by atoms with Gasteiger partial charge in [-0.3, -0.25) is 9.36 Å². The van der Waals surface area contributed by atoms with E-state index < -0.39 is 18.0 Å². The summed E-state index contributed by atoms with van der Waals surface area (Å²) in [7, 11) is 3.20. The highest BCUT2D eigenvalue weighted by Gasteiger charge is 2.37. The molecule has 2 aromatic carbocycles. The van der Waals surface area contributed by atoms with Gasteiger partial charge in [0.1, 0.15) is 29.8 Å². The number of oxazole rings is 1. The molecule has 2 atom stereocenters. The van der Waals surface area contributed by atoms with Crippen LogP contribution in [0.25, 0.3) is 11.1 Å². The molecule has 212 valence electrons. The van der Waals surface area contributed by atoms with E-state index in [1.807, 2.05) is 6.07 Å². The normalized spacial score (nSPS) is 19.1. The zero-order valence-corrected chi connectivity index (χ0v) is 22.9. The van der Waals surface area contributed by atoms with Gasteiger partial charge in [-0.05, 0) is 61.2 Å². The van der Waals surface area contributed by atoms with Crippen LogP contribution in [0.1, 0.15) is 33.6 Å². The van der Waals surface area contributed by atoms with E-state index in [-0.39, 0.29) is 24.1 Å². The molecule has 2 unspecified atom stereocenters. The molecule has 1 N–H and O–H groups in total. The maximum Gasteiger partial charge on any atom is 0.419 e. The maximum absolute atomic E-state index is 15.6. The molecule has 12 heteroatoms. The Balaban J connectivity index is 1.17. The molecule has 6 rings (SSSR count). The lowest BCUT2D eigenvalue weighted by Gasteiger charge is -2.40. The Bertz CT molecular complexity index is 1730. The fourth-order valence-corrected chi connectivity index (χ4v) is 5.76. The van der Waals surface area contributed by atoms with Gasteiger partial charge in [-0.15, -0.1) is 0 Å². The van der Waals surface area contributed by atoms with Crippen LogP contribution in [0.15, 0.2) is 51.9 Å². The van der Waals surface area contributed by atoms with E-state index >= 15 is 4.39 Å². The fourth-order valence-electron chi connectivity index (χ4n) is 5.76. The van der Waals surface area contributed by atoms with Crippen molar-refractivity contribution in [1.29, 1.82) is 0 Å².